The van der Waals surface area contributed by atoms with Crippen LogP contribution in [0.3, 0.4) is 0 Å². The highest BCUT2D eigenvalue weighted by Crippen LogP contribution is 2.19. The lowest BCUT2D eigenvalue weighted by Gasteiger charge is -2.30. The summed E-state index contributed by atoms with van der Waals surface area (Å²) in [5.74, 6) is -1.12. The van der Waals surface area contributed by atoms with Crippen LogP contribution in [0, 0.1) is 0 Å². The first-order valence-electron chi connectivity index (χ1n) is 7.14. The Morgan fingerprint density at radius 2 is 2.00 bits per heavy atom. The number of carbonyl (C=O) groups excluding carboxylic acids is 1. The molecule has 1 amide bonds. The number of fused-ring (bicyclic) bond motifs is 1. The van der Waals surface area contributed by atoms with Gasteiger partial charge in [0, 0.05) is 26.2 Å². The van der Waals surface area contributed by atoms with E-state index in [2.05, 4.69) is 11.4 Å². The Hall–Kier alpha value is -1.60. The van der Waals surface area contributed by atoms with Crippen molar-refractivity contribution >= 4 is 5.91 Å². The molecule has 1 aromatic rings. The second-order valence-corrected chi connectivity index (χ2v) is 5.50. The zero-order valence-corrected chi connectivity index (χ0v) is 12.1. The number of β-amino-alcohol motifs (C(OH)–C–C–N with tert-alkyl or cyclic N) is 1. The van der Waals surface area contributed by atoms with E-state index in [1.165, 1.54) is 11.1 Å². The number of aliphatic hydroxyl groups is 1. The van der Waals surface area contributed by atoms with E-state index in [4.69, 9.17) is 0 Å². The first kappa shape index (κ1) is 16.8. The third-order valence-electron chi connectivity index (χ3n) is 3.57. The molecule has 2 rings (SSSR count). The van der Waals surface area contributed by atoms with Crippen molar-refractivity contribution in [2.45, 2.75) is 31.7 Å². The quantitative estimate of drug-likeness (QED) is 0.865. The minimum atomic E-state index is -4.52. The summed E-state index contributed by atoms with van der Waals surface area (Å²) in [4.78, 5) is 13.1. The van der Waals surface area contributed by atoms with Gasteiger partial charge in [-0.3, -0.25) is 9.69 Å². The van der Waals surface area contributed by atoms with Crippen molar-refractivity contribution < 1.29 is 23.1 Å². The SMILES string of the molecule is O=C(CC(F)(F)F)NCC(O)CN1CCc2ccccc2C1. The number of nitrogens with one attached hydrogen (secondary N) is 1. The van der Waals surface area contributed by atoms with Gasteiger partial charge in [-0.15, -0.1) is 0 Å². The molecule has 0 radical (unpaired) electrons. The van der Waals surface area contributed by atoms with Gasteiger partial charge in [-0.25, -0.2) is 0 Å². The first-order valence-corrected chi connectivity index (χ1v) is 7.14. The Morgan fingerprint density at radius 3 is 2.68 bits per heavy atom. The van der Waals surface area contributed by atoms with Crippen LogP contribution in [-0.4, -0.2) is 47.8 Å². The number of rotatable bonds is 5. The summed E-state index contributed by atoms with van der Waals surface area (Å²) in [7, 11) is 0. The number of alkyl halides is 3. The highest BCUT2D eigenvalue weighted by atomic mass is 19.4. The van der Waals surface area contributed by atoms with Crippen LogP contribution >= 0.6 is 0 Å². The van der Waals surface area contributed by atoms with Gasteiger partial charge in [0.1, 0.15) is 6.42 Å². The molecular weight excluding hydrogens is 297 g/mol. The van der Waals surface area contributed by atoms with Gasteiger partial charge in [-0.1, -0.05) is 24.3 Å². The fraction of sp³-hybridized carbons (Fsp3) is 0.533. The molecule has 1 aromatic carbocycles. The Bertz CT molecular complexity index is 520. The zero-order chi connectivity index (χ0) is 16.2. The molecule has 0 bridgehead atoms. The molecule has 1 aliphatic rings. The lowest BCUT2D eigenvalue weighted by molar-refractivity contribution is -0.154. The Labute approximate surface area is 126 Å². The highest BCUT2D eigenvalue weighted by Gasteiger charge is 2.31. The molecule has 4 nitrogen and oxygen atoms in total. The number of benzene rings is 1. The van der Waals surface area contributed by atoms with Crippen LogP contribution in [0.2, 0.25) is 0 Å². The van der Waals surface area contributed by atoms with Crippen molar-refractivity contribution in [2.75, 3.05) is 19.6 Å². The average molecular weight is 316 g/mol. The molecule has 0 aromatic heterocycles. The summed E-state index contributed by atoms with van der Waals surface area (Å²) in [6.07, 6.45) is -6.05. The van der Waals surface area contributed by atoms with E-state index in [9.17, 15) is 23.1 Å². The smallest absolute Gasteiger partial charge is 0.390 e. The van der Waals surface area contributed by atoms with Gasteiger partial charge in [0.05, 0.1) is 6.10 Å². The lowest BCUT2D eigenvalue weighted by Crippen LogP contribution is -2.42. The number of hydrogen-bond acceptors (Lipinski definition) is 3. The largest absolute Gasteiger partial charge is 0.397 e. The van der Waals surface area contributed by atoms with Crippen LogP contribution in [0.15, 0.2) is 24.3 Å². The third-order valence-corrected chi connectivity index (χ3v) is 3.57. The van der Waals surface area contributed by atoms with E-state index in [1.807, 2.05) is 23.1 Å². The topological polar surface area (TPSA) is 52.6 Å². The van der Waals surface area contributed by atoms with Crippen molar-refractivity contribution in [2.24, 2.45) is 0 Å². The molecule has 0 saturated heterocycles. The average Bonchev–Trinajstić information content (AvgIpc) is 2.43. The molecule has 1 atom stereocenters. The molecular formula is C15H19F3N2O2. The van der Waals surface area contributed by atoms with E-state index in [0.29, 0.717) is 13.1 Å². The summed E-state index contributed by atoms with van der Waals surface area (Å²) < 4.78 is 36.0. The van der Waals surface area contributed by atoms with Crippen molar-refractivity contribution in [3.63, 3.8) is 0 Å². The fourth-order valence-electron chi connectivity index (χ4n) is 2.55. The van der Waals surface area contributed by atoms with Gasteiger partial charge in [-0.05, 0) is 17.5 Å². The predicted molar refractivity (Wildman–Crippen MR) is 75.1 cm³/mol. The van der Waals surface area contributed by atoms with Gasteiger partial charge in [0.2, 0.25) is 5.91 Å². The van der Waals surface area contributed by atoms with E-state index >= 15 is 0 Å². The molecule has 1 heterocycles. The van der Waals surface area contributed by atoms with E-state index in [1.54, 1.807) is 0 Å². The van der Waals surface area contributed by atoms with Crippen LogP contribution < -0.4 is 5.32 Å². The van der Waals surface area contributed by atoms with Gasteiger partial charge in [0.15, 0.2) is 0 Å². The monoisotopic (exact) mass is 316 g/mol. The predicted octanol–water partition coefficient (Wildman–Crippen LogP) is 1.47. The third kappa shape index (κ3) is 5.31. The number of aliphatic hydroxyl groups excluding tert-OH is 1. The van der Waals surface area contributed by atoms with Crippen LogP contribution in [0.5, 0.6) is 0 Å². The number of nitrogens with zero attached hydrogens (tertiary/aromatic N) is 1. The molecule has 2 N–H and O–H groups in total. The minimum absolute atomic E-state index is 0.174. The maximum absolute atomic E-state index is 12.0. The van der Waals surface area contributed by atoms with E-state index < -0.39 is 24.6 Å². The van der Waals surface area contributed by atoms with Crippen LogP contribution in [-0.2, 0) is 17.8 Å². The van der Waals surface area contributed by atoms with Gasteiger partial charge >= 0.3 is 6.18 Å². The molecule has 0 aliphatic carbocycles. The lowest BCUT2D eigenvalue weighted by atomic mass is 10.00. The minimum Gasteiger partial charge on any atom is -0.390 e. The number of amides is 1. The van der Waals surface area contributed by atoms with E-state index in [0.717, 1.165) is 13.0 Å². The maximum atomic E-state index is 12.0. The molecule has 0 fully saturated rings. The fourth-order valence-corrected chi connectivity index (χ4v) is 2.55. The molecule has 0 saturated carbocycles. The van der Waals surface area contributed by atoms with Gasteiger partial charge < -0.3 is 10.4 Å². The molecule has 22 heavy (non-hydrogen) atoms. The molecule has 0 spiro atoms. The molecule has 7 heteroatoms. The summed E-state index contributed by atoms with van der Waals surface area (Å²) >= 11 is 0. The Kier molecular flexibility index (Phi) is 5.42. The summed E-state index contributed by atoms with van der Waals surface area (Å²) in [6, 6.07) is 8.04. The zero-order valence-electron chi connectivity index (χ0n) is 12.1. The number of carbonyl (C=O) groups is 1. The second kappa shape index (κ2) is 7.11. The van der Waals surface area contributed by atoms with Gasteiger partial charge in [-0.2, -0.15) is 13.2 Å². The summed E-state index contributed by atoms with van der Waals surface area (Å²) in [5, 5.41) is 12.0. The van der Waals surface area contributed by atoms with Crippen LogP contribution in [0.1, 0.15) is 17.5 Å². The van der Waals surface area contributed by atoms with Crippen molar-refractivity contribution in [1.82, 2.24) is 10.2 Å². The Morgan fingerprint density at radius 1 is 1.32 bits per heavy atom. The molecule has 122 valence electrons. The summed E-state index contributed by atoms with van der Waals surface area (Å²) in [6.45, 7) is 1.63. The van der Waals surface area contributed by atoms with Crippen LogP contribution in [0.25, 0.3) is 0 Å². The standard InChI is InChI=1S/C15H19F3N2O2/c16-15(17,18)7-14(22)19-8-13(21)10-20-6-5-11-3-1-2-4-12(11)9-20/h1-4,13,21H,5-10H2,(H,19,22). The number of halogens is 3. The van der Waals surface area contributed by atoms with Crippen molar-refractivity contribution in [3.05, 3.63) is 35.4 Å². The van der Waals surface area contributed by atoms with E-state index in [-0.39, 0.29) is 6.54 Å². The molecule has 1 aliphatic heterocycles. The highest BCUT2D eigenvalue weighted by molar-refractivity contribution is 5.76. The second-order valence-electron chi connectivity index (χ2n) is 5.50. The van der Waals surface area contributed by atoms with Gasteiger partial charge in [0.25, 0.3) is 0 Å². The number of hydrogen-bond donors (Lipinski definition) is 2. The van der Waals surface area contributed by atoms with Crippen molar-refractivity contribution in [3.8, 4) is 0 Å². The normalized spacial score (nSPS) is 16.9. The van der Waals surface area contributed by atoms with Crippen LogP contribution in [0.4, 0.5) is 13.2 Å². The first-order chi connectivity index (χ1) is 10.3. The van der Waals surface area contributed by atoms with Crippen molar-refractivity contribution in [1.29, 1.82) is 0 Å². The summed E-state index contributed by atoms with van der Waals surface area (Å²) in [5.41, 5.74) is 2.48. The Balaban J connectivity index is 1.74. The maximum Gasteiger partial charge on any atom is 0.397 e. The molecule has 1 unspecified atom stereocenters.